The van der Waals surface area contributed by atoms with E-state index in [4.69, 9.17) is 0 Å². The minimum absolute atomic E-state index is 0.00377. The number of fused-ring (bicyclic) bond motifs is 4. The molecule has 3 aromatic rings. The van der Waals surface area contributed by atoms with Crippen LogP contribution in [0.15, 0.2) is 40.2 Å². The monoisotopic (exact) mass is 429 g/mol. The molecule has 2 aliphatic heterocycles. The Balaban J connectivity index is 1.77. The van der Waals surface area contributed by atoms with Crippen molar-refractivity contribution in [3.05, 3.63) is 56.3 Å². The number of aromatic amines is 1. The lowest BCUT2D eigenvalue weighted by Gasteiger charge is -2.45. The zero-order chi connectivity index (χ0) is 18.0. The second kappa shape index (κ2) is 5.69. The van der Waals surface area contributed by atoms with Crippen molar-refractivity contribution < 1.29 is 9.59 Å². The minimum atomic E-state index is -0.446. The van der Waals surface area contributed by atoms with Gasteiger partial charge in [-0.25, -0.2) is 0 Å². The van der Waals surface area contributed by atoms with Crippen LogP contribution in [0.1, 0.15) is 22.2 Å². The molecular formula is C19H16BrN3O2S. The number of nitrogens with zero attached hydrogens (tertiary/aromatic N) is 2. The average Bonchev–Trinajstić information content (AvgIpc) is 3.21. The summed E-state index contributed by atoms with van der Waals surface area (Å²) in [6.45, 7) is 0.133. The van der Waals surface area contributed by atoms with Gasteiger partial charge in [0.15, 0.2) is 0 Å². The summed E-state index contributed by atoms with van der Waals surface area (Å²) in [7, 11) is 1.71. The van der Waals surface area contributed by atoms with E-state index in [2.05, 4.69) is 27.0 Å². The van der Waals surface area contributed by atoms with Gasteiger partial charge in [0, 0.05) is 34.9 Å². The Labute approximate surface area is 162 Å². The molecule has 1 aromatic carbocycles. The molecule has 0 saturated carbocycles. The normalized spacial score (nSPS) is 22.7. The lowest BCUT2D eigenvalue weighted by atomic mass is 9.88. The van der Waals surface area contributed by atoms with Crippen LogP contribution in [0, 0.1) is 0 Å². The molecule has 5 nitrogen and oxygen atoms in total. The number of nitrogens with one attached hydrogen (secondary N) is 1. The second-order valence-corrected chi connectivity index (χ2v) is 9.32. The third kappa shape index (κ3) is 2.20. The first-order valence-corrected chi connectivity index (χ1v) is 10.1. The van der Waals surface area contributed by atoms with Crippen LogP contribution in [0.3, 0.4) is 0 Å². The zero-order valence-corrected chi connectivity index (χ0v) is 16.4. The maximum atomic E-state index is 12.9. The van der Waals surface area contributed by atoms with Gasteiger partial charge in [0.2, 0.25) is 11.8 Å². The largest absolute Gasteiger partial charge is 0.356 e. The van der Waals surface area contributed by atoms with Gasteiger partial charge in [-0.2, -0.15) is 0 Å². The van der Waals surface area contributed by atoms with Crippen molar-refractivity contribution >= 4 is 50.0 Å². The van der Waals surface area contributed by atoms with Crippen LogP contribution in [0.4, 0.5) is 0 Å². The third-order valence-corrected chi connectivity index (χ3v) is 6.99. The first kappa shape index (κ1) is 16.1. The molecule has 2 aliphatic rings. The van der Waals surface area contributed by atoms with Gasteiger partial charge in [-0.05, 0) is 39.7 Å². The fraction of sp³-hybridized carbons (Fsp3) is 0.263. The van der Waals surface area contributed by atoms with E-state index in [0.29, 0.717) is 6.42 Å². The zero-order valence-electron chi connectivity index (χ0n) is 14.0. The number of aromatic nitrogens is 1. The molecule has 0 spiro atoms. The molecule has 0 radical (unpaired) electrons. The molecule has 132 valence electrons. The maximum Gasteiger partial charge on any atom is 0.245 e. The molecule has 2 unspecified atom stereocenters. The predicted molar refractivity (Wildman–Crippen MR) is 104 cm³/mol. The Hall–Kier alpha value is -2.12. The Bertz CT molecular complexity index is 1060. The van der Waals surface area contributed by atoms with E-state index in [9.17, 15) is 9.59 Å². The highest BCUT2D eigenvalue weighted by atomic mass is 79.9. The highest BCUT2D eigenvalue weighted by Gasteiger charge is 2.47. The molecule has 7 heteroatoms. The van der Waals surface area contributed by atoms with E-state index in [1.165, 1.54) is 0 Å². The summed E-state index contributed by atoms with van der Waals surface area (Å²) in [5.41, 5.74) is 3.22. The summed E-state index contributed by atoms with van der Waals surface area (Å²) in [4.78, 5) is 33.7. The minimum Gasteiger partial charge on any atom is -0.356 e. The van der Waals surface area contributed by atoms with Crippen LogP contribution in [0.25, 0.3) is 10.9 Å². The number of thiophene rings is 1. The third-order valence-electron chi connectivity index (χ3n) is 5.32. The molecule has 4 heterocycles. The van der Waals surface area contributed by atoms with Gasteiger partial charge in [0.1, 0.15) is 12.1 Å². The summed E-state index contributed by atoms with van der Waals surface area (Å²) in [5, 5.41) is 1.14. The molecule has 0 bridgehead atoms. The van der Waals surface area contributed by atoms with Crippen molar-refractivity contribution in [2.75, 3.05) is 13.6 Å². The molecule has 0 aliphatic carbocycles. The number of carbonyl (C=O) groups is 2. The Kier molecular flexibility index (Phi) is 3.52. The van der Waals surface area contributed by atoms with E-state index >= 15 is 0 Å². The van der Waals surface area contributed by atoms with Crippen molar-refractivity contribution in [3.8, 4) is 0 Å². The van der Waals surface area contributed by atoms with Crippen molar-refractivity contribution in [2.24, 2.45) is 0 Å². The Morgan fingerprint density at radius 3 is 2.77 bits per heavy atom. The number of halogens is 1. The van der Waals surface area contributed by atoms with E-state index in [-0.39, 0.29) is 24.4 Å². The van der Waals surface area contributed by atoms with Gasteiger partial charge in [-0.3, -0.25) is 9.59 Å². The number of para-hydroxylation sites is 1. The lowest BCUT2D eigenvalue weighted by Crippen LogP contribution is -2.62. The number of piperazine rings is 1. The summed E-state index contributed by atoms with van der Waals surface area (Å²) in [5.74, 6) is 0.0112. The number of H-pyrrole nitrogens is 1. The Morgan fingerprint density at radius 2 is 2.00 bits per heavy atom. The molecule has 5 rings (SSSR count). The summed E-state index contributed by atoms with van der Waals surface area (Å²) >= 11 is 5.13. The van der Waals surface area contributed by atoms with Crippen LogP contribution < -0.4 is 0 Å². The molecule has 26 heavy (non-hydrogen) atoms. The molecule has 2 amide bonds. The van der Waals surface area contributed by atoms with Crippen molar-refractivity contribution in [3.63, 3.8) is 0 Å². The topological polar surface area (TPSA) is 56.4 Å². The first-order chi connectivity index (χ1) is 12.5. The highest BCUT2D eigenvalue weighted by molar-refractivity contribution is 9.11. The molecular weight excluding hydrogens is 414 g/mol. The number of rotatable bonds is 1. The number of likely N-dealkylation sites (N-methyl/N-ethyl adjacent to an activating group) is 1. The van der Waals surface area contributed by atoms with Crippen LogP contribution >= 0.6 is 27.3 Å². The van der Waals surface area contributed by atoms with E-state index in [0.717, 1.165) is 30.8 Å². The number of benzene rings is 1. The van der Waals surface area contributed by atoms with E-state index < -0.39 is 6.04 Å². The maximum absolute atomic E-state index is 12.9. The molecule has 1 saturated heterocycles. The van der Waals surface area contributed by atoms with E-state index in [1.807, 2.05) is 30.3 Å². The SMILES string of the molecule is CN1CC(=O)N2C(Cc3c([nH]c4ccccc34)C2c2ccc(Br)s2)C1=O. The number of amides is 2. The number of hydrogen-bond donors (Lipinski definition) is 1. The van der Waals surface area contributed by atoms with Gasteiger partial charge in [-0.1, -0.05) is 18.2 Å². The first-order valence-electron chi connectivity index (χ1n) is 8.45. The molecule has 1 N–H and O–H groups in total. The van der Waals surface area contributed by atoms with Crippen LogP contribution in [0.5, 0.6) is 0 Å². The van der Waals surface area contributed by atoms with Crippen LogP contribution in [-0.4, -0.2) is 46.2 Å². The Morgan fingerprint density at radius 1 is 1.19 bits per heavy atom. The van der Waals surface area contributed by atoms with Crippen molar-refractivity contribution in [2.45, 2.75) is 18.5 Å². The summed E-state index contributed by atoms with van der Waals surface area (Å²) in [6, 6.07) is 11.5. The van der Waals surface area contributed by atoms with Crippen LogP contribution in [-0.2, 0) is 16.0 Å². The van der Waals surface area contributed by atoms with E-state index in [1.54, 1.807) is 28.2 Å². The highest BCUT2D eigenvalue weighted by Crippen LogP contribution is 2.44. The van der Waals surface area contributed by atoms with Crippen molar-refractivity contribution in [1.82, 2.24) is 14.8 Å². The molecule has 1 fully saturated rings. The lowest BCUT2D eigenvalue weighted by molar-refractivity contribution is -0.157. The smallest absolute Gasteiger partial charge is 0.245 e. The van der Waals surface area contributed by atoms with Gasteiger partial charge in [-0.15, -0.1) is 11.3 Å². The fourth-order valence-corrected chi connectivity index (χ4v) is 5.71. The second-order valence-electron chi connectivity index (χ2n) is 6.82. The summed E-state index contributed by atoms with van der Waals surface area (Å²) < 4.78 is 1.01. The fourth-order valence-electron chi connectivity index (χ4n) is 4.18. The van der Waals surface area contributed by atoms with Gasteiger partial charge < -0.3 is 14.8 Å². The van der Waals surface area contributed by atoms with Gasteiger partial charge >= 0.3 is 0 Å². The average molecular weight is 430 g/mol. The molecule has 2 aromatic heterocycles. The van der Waals surface area contributed by atoms with Crippen molar-refractivity contribution in [1.29, 1.82) is 0 Å². The summed E-state index contributed by atoms with van der Waals surface area (Å²) in [6.07, 6.45) is 0.553. The standard InChI is InChI=1S/C19H16BrN3O2S/c1-22-9-16(24)23-13(19(22)25)8-11-10-4-2-3-5-12(10)21-17(11)18(23)14-6-7-15(20)26-14/h2-7,13,18,21H,8-9H2,1H3. The van der Waals surface area contributed by atoms with Gasteiger partial charge in [0.05, 0.1) is 10.3 Å². The molecule has 2 atom stereocenters. The predicted octanol–water partition coefficient (Wildman–Crippen LogP) is 3.31. The van der Waals surface area contributed by atoms with Gasteiger partial charge in [0.25, 0.3) is 0 Å². The number of carbonyl (C=O) groups excluding carboxylic acids is 2. The number of hydrogen-bond acceptors (Lipinski definition) is 3. The van der Waals surface area contributed by atoms with Crippen LogP contribution in [0.2, 0.25) is 0 Å². The quantitative estimate of drug-likeness (QED) is 0.644.